The Bertz CT molecular complexity index is 311. The van der Waals surface area contributed by atoms with E-state index in [2.05, 4.69) is 24.3 Å². The first-order valence-corrected chi connectivity index (χ1v) is 8.21. The molecule has 2 unspecified atom stereocenters. The molecule has 4 heteroatoms. The molecule has 0 aromatic heterocycles. The van der Waals surface area contributed by atoms with Crippen molar-refractivity contribution in [3.05, 3.63) is 24.3 Å². The van der Waals surface area contributed by atoms with Gasteiger partial charge in [0.05, 0.1) is 0 Å². The van der Waals surface area contributed by atoms with Crippen LogP contribution in [0.1, 0.15) is 65.6 Å². The van der Waals surface area contributed by atoms with Crippen LogP contribution in [0.3, 0.4) is 0 Å². The molecule has 2 aliphatic rings. The van der Waals surface area contributed by atoms with E-state index in [1.54, 1.807) is 0 Å². The number of rotatable bonds is 6. The van der Waals surface area contributed by atoms with Crippen LogP contribution in [0.25, 0.3) is 0 Å². The normalized spacial score (nSPS) is 22.6. The summed E-state index contributed by atoms with van der Waals surface area (Å²) in [5.74, 6) is 1.65. The SMILES string of the molecule is O=CCCC1CC=CCC1.OCCCC1CC=CCC1.[B].[H-].[Na+]. The van der Waals surface area contributed by atoms with Crippen LogP contribution in [-0.2, 0) is 4.79 Å². The van der Waals surface area contributed by atoms with Crippen LogP contribution in [0.15, 0.2) is 24.3 Å². The van der Waals surface area contributed by atoms with Gasteiger partial charge in [0.2, 0.25) is 0 Å². The maximum atomic E-state index is 10.0. The van der Waals surface area contributed by atoms with Crippen molar-refractivity contribution < 1.29 is 40.9 Å². The van der Waals surface area contributed by atoms with Gasteiger partial charge in [0.15, 0.2) is 0 Å². The second kappa shape index (κ2) is 17.5. The fourth-order valence-corrected chi connectivity index (χ4v) is 2.92. The Balaban J connectivity index is -0.000000308. The number of hydrogen-bond donors (Lipinski definition) is 1. The van der Waals surface area contributed by atoms with Gasteiger partial charge in [-0.3, -0.25) is 0 Å². The van der Waals surface area contributed by atoms with Crippen molar-refractivity contribution in [1.82, 2.24) is 0 Å². The largest absolute Gasteiger partial charge is 1.00 e. The van der Waals surface area contributed by atoms with Crippen LogP contribution in [0.5, 0.6) is 0 Å². The molecule has 22 heavy (non-hydrogen) atoms. The average molecular weight is 313 g/mol. The molecule has 0 heterocycles. The number of allylic oxidation sites excluding steroid dienone is 4. The number of aldehydes is 1. The Morgan fingerprint density at radius 1 is 1.00 bits per heavy atom. The van der Waals surface area contributed by atoms with E-state index in [-0.39, 0.29) is 39.4 Å². The zero-order valence-corrected chi connectivity index (χ0v) is 16.3. The number of aliphatic hydroxyl groups excluding tert-OH is 1. The molecule has 0 fully saturated rings. The zero-order valence-electron chi connectivity index (χ0n) is 15.3. The number of carbonyl (C=O) groups is 1. The standard InChI is InChI=1S/C9H16O.C9H14O.B.Na.H/c2*10-8-4-7-9-5-2-1-3-6-9;;;/h1-2,9-10H,3-8H2;1-2,8-9H,3-7H2;;;/q;;;+1;-1. The smallest absolute Gasteiger partial charge is 1.00 e. The molecule has 2 rings (SSSR count). The number of carbonyl (C=O) groups excluding carboxylic acids is 1. The van der Waals surface area contributed by atoms with E-state index in [1.807, 2.05) is 0 Å². The first-order valence-electron chi connectivity index (χ1n) is 8.21. The maximum absolute atomic E-state index is 10.0. The van der Waals surface area contributed by atoms with Gasteiger partial charge in [-0.25, -0.2) is 0 Å². The predicted molar refractivity (Wildman–Crippen MR) is 91.4 cm³/mol. The fraction of sp³-hybridized carbons (Fsp3) is 0.722. The van der Waals surface area contributed by atoms with Crippen LogP contribution in [-0.4, -0.2) is 26.4 Å². The van der Waals surface area contributed by atoms with E-state index in [9.17, 15) is 4.79 Å². The van der Waals surface area contributed by atoms with Gasteiger partial charge in [0, 0.05) is 21.4 Å². The van der Waals surface area contributed by atoms with Gasteiger partial charge in [0.25, 0.3) is 0 Å². The summed E-state index contributed by atoms with van der Waals surface area (Å²) in [6, 6.07) is 0. The van der Waals surface area contributed by atoms with E-state index >= 15 is 0 Å². The summed E-state index contributed by atoms with van der Waals surface area (Å²) in [5.41, 5.74) is 0. The van der Waals surface area contributed by atoms with Gasteiger partial charge in [-0.15, -0.1) is 0 Å². The monoisotopic (exact) mass is 313 g/mol. The summed E-state index contributed by atoms with van der Waals surface area (Å²) in [4.78, 5) is 10.0. The topological polar surface area (TPSA) is 37.3 Å². The van der Waals surface area contributed by atoms with Gasteiger partial charge in [-0.05, 0) is 69.6 Å². The molecule has 0 amide bonds. The Morgan fingerprint density at radius 2 is 1.55 bits per heavy atom. The molecule has 0 saturated heterocycles. The van der Waals surface area contributed by atoms with E-state index in [0.29, 0.717) is 6.61 Å². The van der Waals surface area contributed by atoms with Gasteiger partial charge in [-0.1, -0.05) is 24.3 Å². The second-order valence-corrected chi connectivity index (χ2v) is 5.91. The first-order chi connectivity index (χ1) is 9.86. The molecule has 0 aromatic rings. The van der Waals surface area contributed by atoms with E-state index in [0.717, 1.165) is 37.4 Å². The van der Waals surface area contributed by atoms with Crippen molar-refractivity contribution in [1.29, 1.82) is 0 Å². The number of aliphatic hydroxyl groups is 1. The molecule has 0 aliphatic heterocycles. The summed E-state index contributed by atoms with van der Waals surface area (Å²) >= 11 is 0. The summed E-state index contributed by atoms with van der Waals surface area (Å²) in [6.07, 6.45) is 21.6. The van der Waals surface area contributed by atoms with E-state index in [4.69, 9.17) is 5.11 Å². The molecule has 1 N–H and O–H groups in total. The summed E-state index contributed by atoms with van der Waals surface area (Å²) in [7, 11) is 0. The fourth-order valence-electron chi connectivity index (χ4n) is 2.92. The molecule has 3 radical (unpaired) electrons. The molecule has 0 bridgehead atoms. The Hall–Kier alpha value is 0.175. The van der Waals surface area contributed by atoms with Crippen molar-refractivity contribution in [3.8, 4) is 0 Å². The third-order valence-corrected chi connectivity index (χ3v) is 4.22. The summed E-state index contributed by atoms with van der Waals surface area (Å²) in [5, 5.41) is 8.58. The molecular weight excluding hydrogens is 282 g/mol. The average Bonchev–Trinajstić information content (AvgIpc) is 2.53. The minimum absolute atomic E-state index is 0. The van der Waals surface area contributed by atoms with Crippen molar-refractivity contribution in [2.24, 2.45) is 11.8 Å². The van der Waals surface area contributed by atoms with Gasteiger partial charge < -0.3 is 11.3 Å². The van der Waals surface area contributed by atoms with E-state index in [1.165, 1.54) is 44.9 Å². The van der Waals surface area contributed by atoms with Crippen LogP contribution in [0, 0.1) is 11.8 Å². The van der Waals surface area contributed by atoms with Gasteiger partial charge in [-0.2, -0.15) is 0 Å². The third-order valence-electron chi connectivity index (χ3n) is 4.22. The maximum Gasteiger partial charge on any atom is 1.00 e. The van der Waals surface area contributed by atoms with Crippen molar-refractivity contribution >= 4 is 14.7 Å². The third kappa shape index (κ3) is 12.7. The molecule has 2 aliphatic carbocycles. The number of hydrogen-bond acceptors (Lipinski definition) is 2. The molecule has 2 nitrogen and oxygen atoms in total. The molecule has 119 valence electrons. The predicted octanol–water partition coefficient (Wildman–Crippen LogP) is 1.17. The molecule has 0 aromatic carbocycles. The zero-order chi connectivity index (χ0) is 14.5. The minimum atomic E-state index is 0. The molecule has 0 saturated carbocycles. The van der Waals surface area contributed by atoms with Crippen molar-refractivity contribution in [2.75, 3.05) is 6.61 Å². The van der Waals surface area contributed by atoms with Crippen LogP contribution >= 0.6 is 0 Å². The first kappa shape index (κ1) is 24.4. The Labute approximate surface area is 162 Å². The summed E-state index contributed by atoms with van der Waals surface area (Å²) in [6.45, 7) is 0.361. The molecular formula is C18H31BNaO2. The van der Waals surface area contributed by atoms with E-state index < -0.39 is 0 Å². The van der Waals surface area contributed by atoms with Gasteiger partial charge >= 0.3 is 29.6 Å². The van der Waals surface area contributed by atoms with Crippen molar-refractivity contribution in [3.63, 3.8) is 0 Å². The van der Waals surface area contributed by atoms with Crippen molar-refractivity contribution in [2.45, 2.75) is 64.2 Å². The summed E-state index contributed by atoms with van der Waals surface area (Å²) < 4.78 is 0. The Morgan fingerprint density at radius 3 is 1.95 bits per heavy atom. The molecule has 2 atom stereocenters. The van der Waals surface area contributed by atoms with Gasteiger partial charge in [0.1, 0.15) is 6.29 Å². The van der Waals surface area contributed by atoms with Crippen LogP contribution in [0.4, 0.5) is 0 Å². The van der Waals surface area contributed by atoms with Crippen LogP contribution in [0.2, 0.25) is 0 Å². The Kier molecular flexibility index (Phi) is 19.5. The quantitative estimate of drug-likeness (QED) is 0.454. The minimum Gasteiger partial charge on any atom is -1.00 e. The second-order valence-electron chi connectivity index (χ2n) is 5.91. The van der Waals surface area contributed by atoms with Crippen LogP contribution < -0.4 is 29.6 Å². The molecule has 0 spiro atoms.